The number of nitrogens with two attached hydrogens (primary N) is 4. The molecule has 8 rings (SSSR count). The lowest BCUT2D eigenvalue weighted by Gasteiger charge is -2.28. The topological polar surface area (TPSA) is 240 Å². The third-order valence-electron chi connectivity index (χ3n) is 13.1. The zero-order chi connectivity index (χ0) is 59.1. The molecule has 0 amide bonds. The maximum Gasteiger partial charge on any atom is 0.161 e. The van der Waals surface area contributed by atoms with Crippen LogP contribution in [0.5, 0.6) is 34.5 Å². The lowest BCUT2D eigenvalue weighted by molar-refractivity contribution is -0.0156. The van der Waals surface area contributed by atoms with Crippen molar-refractivity contribution in [1.29, 1.82) is 0 Å². The maximum absolute atomic E-state index is 10.9. The fourth-order valence-corrected chi connectivity index (χ4v) is 8.77. The molecule has 0 spiro atoms. The molecule has 0 saturated carbocycles. The molecule has 8 aromatic rings. The van der Waals surface area contributed by atoms with Gasteiger partial charge in [-0.25, -0.2) is 0 Å². The molecule has 0 aliphatic carbocycles. The Morgan fingerprint density at radius 2 is 0.598 bits per heavy atom. The quantitative estimate of drug-likeness (QED) is 0.0252. The molecule has 436 valence electrons. The van der Waals surface area contributed by atoms with E-state index in [1.54, 1.807) is 50.6 Å². The van der Waals surface area contributed by atoms with Crippen LogP contribution in [0.4, 0.5) is 0 Å². The molecular weight excluding hydrogens is 1080 g/mol. The van der Waals surface area contributed by atoms with E-state index in [2.05, 4.69) is 0 Å². The normalized spacial score (nSPS) is 13.6. The summed E-state index contributed by atoms with van der Waals surface area (Å²) in [6.07, 6.45) is 1.71. The van der Waals surface area contributed by atoms with Gasteiger partial charge in [0, 0.05) is 5.02 Å². The highest BCUT2D eigenvalue weighted by Crippen LogP contribution is 2.33. The van der Waals surface area contributed by atoms with Crippen molar-refractivity contribution in [1.82, 2.24) is 0 Å². The standard InChI is InChI=1S/2C17H21NO3.2C16H18ClNO2/c1-20-15-9-5-6-10-16(15)21-13-17(19,11-12-18)14-7-3-2-4-8-14;1-20-15-7-9-16(10-8-15)21-13-17(19,11-12-18)14-5-3-2-4-6-14;17-14-8-4-5-9-15(14)20-12-16(19,10-11-18)13-6-2-1-3-7-13;17-14-6-8-15(9-7-14)20-12-16(19,10-11-18)13-4-2-1-3-5-13/h2*2-10,19H,11-13,18H2,1H3;2*1-9,19H,10-12,18H2. The van der Waals surface area contributed by atoms with Crippen molar-refractivity contribution in [3.8, 4) is 34.5 Å². The lowest BCUT2D eigenvalue weighted by atomic mass is 9.91. The van der Waals surface area contributed by atoms with Crippen molar-refractivity contribution < 1.29 is 48.8 Å². The van der Waals surface area contributed by atoms with E-state index in [4.69, 9.17) is 74.6 Å². The molecule has 4 atom stereocenters. The highest BCUT2D eigenvalue weighted by Gasteiger charge is 2.33. The zero-order valence-corrected chi connectivity index (χ0v) is 48.1. The van der Waals surface area contributed by atoms with Crippen molar-refractivity contribution in [2.75, 3.05) is 66.8 Å². The maximum atomic E-state index is 10.9. The minimum absolute atomic E-state index is 0.109. The third-order valence-corrected chi connectivity index (χ3v) is 13.7. The number of ether oxygens (including phenoxy) is 6. The van der Waals surface area contributed by atoms with Crippen molar-refractivity contribution in [2.24, 2.45) is 22.9 Å². The first-order valence-corrected chi connectivity index (χ1v) is 27.6. The van der Waals surface area contributed by atoms with E-state index in [1.807, 2.05) is 182 Å². The smallest absolute Gasteiger partial charge is 0.161 e. The minimum Gasteiger partial charge on any atom is -0.497 e. The Bertz CT molecular complexity index is 3000. The van der Waals surface area contributed by atoms with Gasteiger partial charge in [-0.1, -0.05) is 169 Å². The summed E-state index contributed by atoms with van der Waals surface area (Å²) in [4.78, 5) is 0. The molecule has 14 nitrogen and oxygen atoms in total. The van der Waals surface area contributed by atoms with Crippen molar-refractivity contribution in [2.45, 2.75) is 48.1 Å². The molecule has 16 heteroatoms. The number of benzene rings is 8. The van der Waals surface area contributed by atoms with Crippen LogP contribution in [0, 0.1) is 0 Å². The highest BCUT2D eigenvalue weighted by molar-refractivity contribution is 6.32. The Kier molecular flexibility index (Phi) is 27.5. The second-order valence-electron chi connectivity index (χ2n) is 19.1. The van der Waals surface area contributed by atoms with Gasteiger partial charge in [0.25, 0.3) is 0 Å². The van der Waals surface area contributed by atoms with Gasteiger partial charge in [-0.05, 0) is 147 Å². The van der Waals surface area contributed by atoms with Gasteiger partial charge in [0.1, 0.15) is 71.8 Å². The van der Waals surface area contributed by atoms with Crippen LogP contribution in [0.1, 0.15) is 47.9 Å². The summed E-state index contributed by atoms with van der Waals surface area (Å²) < 4.78 is 33.2. The molecule has 0 fully saturated rings. The Morgan fingerprint density at radius 3 is 0.927 bits per heavy atom. The van der Waals surface area contributed by atoms with Crippen LogP contribution in [-0.2, 0) is 22.4 Å². The first-order valence-electron chi connectivity index (χ1n) is 26.9. The second kappa shape index (κ2) is 34.3. The Balaban J connectivity index is 0.000000200. The first kappa shape index (κ1) is 65.6. The molecule has 8 aromatic carbocycles. The molecular formula is C66H78Cl2N4O10. The summed E-state index contributed by atoms with van der Waals surface area (Å²) in [5, 5.41) is 44.4. The predicted octanol–water partition coefficient (Wildman–Crippen LogP) is 10.5. The Hall–Kier alpha value is -7.18. The van der Waals surface area contributed by atoms with E-state index in [1.165, 1.54) is 0 Å². The van der Waals surface area contributed by atoms with Gasteiger partial charge >= 0.3 is 0 Å². The lowest BCUT2D eigenvalue weighted by Crippen LogP contribution is -2.35. The predicted molar refractivity (Wildman–Crippen MR) is 327 cm³/mol. The SMILES string of the molecule is COc1ccc(OCC(O)(CCN)c2ccccc2)cc1.COc1ccccc1OCC(O)(CCN)c1ccccc1.NCCC(O)(COc1ccc(Cl)cc1)c1ccccc1.NCCC(O)(COc1ccccc1Cl)c1ccccc1. The van der Waals surface area contributed by atoms with Gasteiger partial charge < -0.3 is 71.8 Å². The minimum atomic E-state index is -1.12. The fraction of sp³-hybridized carbons (Fsp3) is 0.273. The monoisotopic (exact) mass is 1160 g/mol. The van der Waals surface area contributed by atoms with Crippen molar-refractivity contribution >= 4 is 23.2 Å². The average Bonchev–Trinajstić information content (AvgIpc) is 3.58. The molecule has 0 aromatic heterocycles. The summed E-state index contributed by atoms with van der Waals surface area (Å²) in [5.41, 5.74) is 21.3. The number of para-hydroxylation sites is 3. The Morgan fingerprint density at radius 1 is 0.317 bits per heavy atom. The van der Waals surface area contributed by atoms with E-state index in [-0.39, 0.29) is 26.4 Å². The van der Waals surface area contributed by atoms with Crippen LogP contribution >= 0.6 is 23.2 Å². The first-order chi connectivity index (χ1) is 39.7. The van der Waals surface area contributed by atoms with Crippen LogP contribution in [-0.4, -0.2) is 87.3 Å². The van der Waals surface area contributed by atoms with Crippen molar-refractivity contribution in [3.63, 3.8) is 0 Å². The molecule has 0 bridgehead atoms. The summed E-state index contributed by atoms with van der Waals surface area (Å²) in [5.74, 6) is 3.91. The number of halogens is 2. The molecule has 0 aliphatic rings. The van der Waals surface area contributed by atoms with Crippen LogP contribution in [0.2, 0.25) is 10.0 Å². The van der Waals surface area contributed by atoms with Gasteiger partial charge in [-0.15, -0.1) is 0 Å². The van der Waals surface area contributed by atoms with E-state index in [0.29, 0.717) is 90.7 Å². The summed E-state index contributed by atoms with van der Waals surface area (Å²) in [6, 6.07) is 66.6. The fourth-order valence-electron chi connectivity index (χ4n) is 8.45. The molecule has 0 radical (unpaired) electrons. The van der Waals surface area contributed by atoms with E-state index >= 15 is 0 Å². The zero-order valence-electron chi connectivity index (χ0n) is 46.6. The van der Waals surface area contributed by atoms with Gasteiger partial charge in [0.05, 0.1) is 19.2 Å². The number of hydrogen-bond acceptors (Lipinski definition) is 14. The number of rotatable bonds is 26. The molecule has 12 N–H and O–H groups in total. The van der Waals surface area contributed by atoms with E-state index in [0.717, 1.165) is 28.0 Å². The molecule has 0 saturated heterocycles. The highest BCUT2D eigenvalue weighted by atomic mass is 35.5. The second-order valence-corrected chi connectivity index (χ2v) is 20.0. The van der Waals surface area contributed by atoms with E-state index < -0.39 is 22.4 Å². The van der Waals surface area contributed by atoms with Crippen LogP contribution in [0.25, 0.3) is 0 Å². The van der Waals surface area contributed by atoms with Crippen molar-refractivity contribution in [3.05, 3.63) is 251 Å². The summed E-state index contributed by atoms with van der Waals surface area (Å²) >= 11 is 11.9. The summed E-state index contributed by atoms with van der Waals surface area (Å²) in [6.45, 7) is 2.05. The molecule has 82 heavy (non-hydrogen) atoms. The van der Waals surface area contributed by atoms with Crippen LogP contribution in [0.15, 0.2) is 218 Å². The van der Waals surface area contributed by atoms with Crippen LogP contribution in [0.3, 0.4) is 0 Å². The van der Waals surface area contributed by atoms with Crippen LogP contribution < -0.4 is 51.4 Å². The number of methoxy groups -OCH3 is 2. The van der Waals surface area contributed by atoms with Gasteiger partial charge in [-0.2, -0.15) is 0 Å². The number of aliphatic hydroxyl groups is 4. The average molecular weight is 1160 g/mol. The number of hydrogen-bond donors (Lipinski definition) is 8. The molecule has 4 unspecified atom stereocenters. The largest absolute Gasteiger partial charge is 0.497 e. The molecule has 0 heterocycles. The van der Waals surface area contributed by atoms with Gasteiger partial charge in [0.2, 0.25) is 0 Å². The Labute approximate surface area is 492 Å². The summed E-state index contributed by atoms with van der Waals surface area (Å²) in [7, 11) is 3.21. The van der Waals surface area contributed by atoms with Gasteiger partial charge in [0.15, 0.2) is 11.5 Å². The van der Waals surface area contributed by atoms with Gasteiger partial charge in [-0.3, -0.25) is 0 Å². The molecule has 0 aliphatic heterocycles. The van der Waals surface area contributed by atoms with E-state index in [9.17, 15) is 20.4 Å². The third kappa shape index (κ3) is 20.7.